The lowest BCUT2D eigenvalue weighted by Gasteiger charge is -2.32. The lowest BCUT2D eigenvalue weighted by molar-refractivity contribution is 0.0699. The number of piperidine rings is 1. The van der Waals surface area contributed by atoms with Gasteiger partial charge in [0, 0.05) is 18.5 Å². The van der Waals surface area contributed by atoms with Crippen LogP contribution in [0.1, 0.15) is 23.2 Å². The first-order valence-corrected chi connectivity index (χ1v) is 7.23. The van der Waals surface area contributed by atoms with Gasteiger partial charge in [-0.05, 0) is 38.1 Å². The summed E-state index contributed by atoms with van der Waals surface area (Å²) in [4.78, 5) is 18.3. The Kier molecular flexibility index (Phi) is 3.75. The number of carboxylic acid groups (broad SMARTS) is 1. The van der Waals surface area contributed by atoms with E-state index in [-0.39, 0.29) is 0 Å². The van der Waals surface area contributed by atoms with Gasteiger partial charge < -0.3 is 15.3 Å². The lowest BCUT2D eigenvalue weighted by atomic mass is 10.0. The van der Waals surface area contributed by atoms with Crippen LogP contribution in [0.5, 0.6) is 0 Å². The van der Waals surface area contributed by atoms with E-state index in [1.807, 2.05) is 25.2 Å². The summed E-state index contributed by atoms with van der Waals surface area (Å²) < 4.78 is 0. The average molecular weight is 285 g/mol. The summed E-state index contributed by atoms with van der Waals surface area (Å²) in [5, 5.41) is 13.5. The molecule has 5 nitrogen and oxygen atoms in total. The summed E-state index contributed by atoms with van der Waals surface area (Å²) in [7, 11) is 2.00. The number of hydrogen-bond acceptors (Lipinski definition) is 4. The first kappa shape index (κ1) is 13.8. The van der Waals surface area contributed by atoms with E-state index in [0.29, 0.717) is 17.0 Å². The molecule has 1 fully saturated rings. The second kappa shape index (κ2) is 5.69. The van der Waals surface area contributed by atoms with Crippen LogP contribution in [0.25, 0.3) is 10.9 Å². The van der Waals surface area contributed by atoms with Gasteiger partial charge in [-0.2, -0.15) is 0 Å². The van der Waals surface area contributed by atoms with Crippen molar-refractivity contribution in [1.82, 2.24) is 10.3 Å². The number of para-hydroxylation sites is 1. The molecule has 1 aliphatic rings. The smallest absolute Gasteiger partial charge is 0.336 e. The highest BCUT2D eigenvalue weighted by molar-refractivity contribution is 6.03. The van der Waals surface area contributed by atoms with Crippen molar-refractivity contribution in [2.24, 2.45) is 0 Å². The van der Waals surface area contributed by atoms with Gasteiger partial charge >= 0.3 is 5.97 Å². The number of pyridine rings is 1. The van der Waals surface area contributed by atoms with E-state index in [2.05, 4.69) is 15.2 Å². The molecule has 3 rings (SSSR count). The fraction of sp³-hybridized carbons (Fsp3) is 0.375. The molecule has 2 aromatic rings. The summed E-state index contributed by atoms with van der Waals surface area (Å²) in [5.74, 6) is -0.174. The maximum atomic E-state index is 11.5. The third kappa shape index (κ3) is 2.69. The summed E-state index contributed by atoms with van der Waals surface area (Å²) >= 11 is 0. The van der Waals surface area contributed by atoms with Gasteiger partial charge in [-0.1, -0.05) is 18.2 Å². The van der Waals surface area contributed by atoms with Crippen molar-refractivity contribution in [3.63, 3.8) is 0 Å². The van der Waals surface area contributed by atoms with Gasteiger partial charge in [-0.15, -0.1) is 0 Å². The minimum atomic E-state index is -0.909. The Bertz CT molecular complexity index is 666. The SMILES string of the molecule is CN(c1cc(C(=O)O)c2ccccc2n1)C1CCNCC1. The van der Waals surface area contributed by atoms with Crippen LogP contribution >= 0.6 is 0 Å². The summed E-state index contributed by atoms with van der Waals surface area (Å²) in [6.45, 7) is 1.99. The first-order valence-electron chi connectivity index (χ1n) is 7.23. The largest absolute Gasteiger partial charge is 0.478 e. The van der Waals surface area contributed by atoms with Crippen molar-refractivity contribution in [1.29, 1.82) is 0 Å². The molecule has 1 aromatic heterocycles. The topological polar surface area (TPSA) is 65.5 Å². The molecule has 2 N–H and O–H groups in total. The number of aromatic nitrogens is 1. The molecule has 110 valence electrons. The van der Waals surface area contributed by atoms with E-state index in [1.165, 1.54) is 0 Å². The second-order valence-corrected chi connectivity index (χ2v) is 5.44. The van der Waals surface area contributed by atoms with E-state index in [0.717, 1.165) is 37.3 Å². The highest BCUT2D eigenvalue weighted by Gasteiger charge is 2.21. The minimum Gasteiger partial charge on any atom is -0.478 e. The lowest BCUT2D eigenvalue weighted by Crippen LogP contribution is -2.41. The van der Waals surface area contributed by atoms with E-state index in [9.17, 15) is 9.90 Å². The Hall–Kier alpha value is -2.14. The monoisotopic (exact) mass is 285 g/mol. The van der Waals surface area contributed by atoms with E-state index in [1.54, 1.807) is 12.1 Å². The van der Waals surface area contributed by atoms with Crippen molar-refractivity contribution >= 4 is 22.7 Å². The Labute approximate surface area is 123 Å². The zero-order valence-corrected chi connectivity index (χ0v) is 12.0. The number of hydrogen-bond donors (Lipinski definition) is 2. The number of carbonyl (C=O) groups is 1. The standard InChI is InChI=1S/C16H19N3O2/c1-19(11-6-8-17-9-7-11)15-10-13(16(20)21)12-4-2-3-5-14(12)18-15/h2-5,10-11,17H,6-9H2,1H3,(H,20,21). The summed E-state index contributed by atoms with van der Waals surface area (Å²) in [6.07, 6.45) is 2.10. The molecule has 0 amide bonds. The number of benzene rings is 1. The third-order valence-corrected chi connectivity index (χ3v) is 4.15. The van der Waals surface area contributed by atoms with Crippen LogP contribution in [0.3, 0.4) is 0 Å². The molecule has 1 saturated heterocycles. The number of anilines is 1. The van der Waals surface area contributed by atoms with E-state index < -0.39 is 5.97 Å². The number of aromatic carboxylic acids is 1. The molecular weight excluding hydrogens is 266 g/mol. The number of nitrogens with zero attached hydrogens (tertiary/aromatic N) is 2. The molecule has 0 radical (unpaired) electrons. The van der Waals surface area contributed by atoms with Crippen molar-refractivity contribution in [3.8, 4) is 0 Å². The number of nitrogens with one attached hydrogen (secondary N) is 1. The van der Waals surface area contributed by atoms with Gasteiger partial charge in [0.25, 0.3) is 0 Å². The summed E-state index contributed by atoms with van der Waals surface area (Å²) in [5.41, 5.74) is 1.05. The zero-order chi connectivity index (χ0) is 14.8. The Balaban J connectivity index is 2.04. The molecule has 0 saturated carbocycles. The Morgan fingerprint density at radius 1 is 1.33 bits per heavy atom. The molecule has 1 aliphatic heterocycles. The van der Waals surface area contributed by atoms with Crippen molar-refractivity contribution in [2.45, 2.75) is 18.9 Å². The second-order valence-electron chi connectivity index (χ2n) is 5.44. The van der Waals surface area contributed by atoms with Crippen LogP contribution in [0.4, 0.5) is 5.82 Å². The predicted octanol–water partition coefficient (Wildman–Crippen LogP) is 2.12. The van der Waals surface area contributed by atoms with Crippen molar-refractivity contribution in [2.75, 3.05) is 25.0 Å². The van der Waals surface area contributed by atoms with Gasteiger partial charge in [0.2, 0.25) is 0 Å². The molecule has 0 bridgehead atoms. The molecule has 0 spiro atoms. The van der Waals surface area contributed by atoms with Crippen LogP contribution in [0, 0.1) is 0 Å². The fourth-order valence-electron chi connectivity index (χ4n) is 2.90. The number of fused-ring (bicyclic) bond motifs is 1. The summed E-state index contributed by atoms with van der Waals surface area (Å²) in [6, 6.07) is 9.48. The molecule has 1 aromatic carbocycles. The molecular formula is C16H19N3O2. The number of carboxylic acids is 1. The zero-order valence-electron chi connectivity index (χ0n) is 12.0. The minimum absolute atomic E-state index is 0.316. The normalized spacial score (nSPS) is 16.0. The van der Waals surface area contributed by atoms with Crippen LogP contribution in [0.2, 0.25) is 0 Å². The maximum absolute atomic E-state index is 11.5. The third-order valence-electron chi connectivity index (χ3n) is 4.15. The quantitative estimate of drug-likeness (QED) is 0.904. The highest BCUT2D eigenvalue weighted by Crippen LogP contribution is 2.25. The Morgan fingerprint density at radius 2 is 2.05 bits per heavy atom. The molecule has 0 atom stereocenters. The van der Waals surface area contributed by atoms with Gasteiger partial charge in [0.1, 0.15) is 5.82 Å². The number of rotatable bonds is 3. The van der Waals surface area contributed by atoms with Crippen LogP contribution in [-0.2, 0) is 0 Å². The highest BCUT2D eigenvalue weighted by atomic mass is 16.4. The van der Waals surface area contributed by atoms with Gasteiger partial charge in [0.15, 0.2) is 0 Å². The van der Waals surface area contributed by atoms with Gasteiger partial charge in [-0.3, -0.25) is 0 Å². The van der Waals surface area contributed by atoms with E-state index in [4.69, 9.17) is 0 Å². The van der Waals surface area contributed by atoms with Crippen molar-refractivity contribution < 1.29 is 9.90 Å². The van der Waals surface area contributed by atoms with Crippen molar-refractivity contribution in [3.05, 3.63) is 35.9 Å². The molecule has 21 heavy (non-hydrogen) atoms. The molecule has 5 heteroatoms. The van der Waals surface area contributed by atoms with Gasteiger partial charge in [-0.25, -0.2) is 9.78 Å². The van der Waals surface area contributed by atoms with Gasteiger partial charge in [0.05, 0.1) is 11.1 Å². The fourth-order valence-corrected chi connectivity index (χ4v) is 2.90. The van der Waals surface area contributed by atoms with Crippen LogP contribution in [-0.4, -0.2) is 42.2 Å². The molecule has 0 aliphatic carbocycles. The molecule has 0 unspecified atom stereocenters. The molecule has 2 heterocycles. The van der Waals surface area contributed by atoms with Crippen LogP contribution in [0.15, 0.2) is 30.3 Å². The first-order chi connectivity index (χ1) is 10.2. The van der Waals surface area contributed by atoms with Crippen LogP contribution < -0.4 is 10.2 Å². The average Bonchev–Trinajstić information content (AvgIpc) is 2.53. The maximum Gasteiger partial charge on any atom is 0.336 e. The Morgan fingerprint density at radius 3 is 2.76 bits per heavy atom. The van der Waals surface area contributed by atoms with E-state index >= 15 is 0 Å². The predicted molar refractivity (Wildman–Crippen MR) is 83.0 cm³/mol.